The van der Waals surface area contributed by atoms with Crippen LogP contribution in [0.25, 0.3) is 0 Å². The predicted octanol–water partition coefficient (Wildman–Crippen LogP) is -0.449. The number of rotatable bonds is 2. The van der Waals surface area contributed by atoms with Gasteiger partial charge in [-0.3, -0.25) is 0 Å². The Morgan fingerprint density at radius 1 is 1.20 bits per heavy atom. The van der Waals surface area contributed by atoms with Gasteiger partial charge in [-0.15, -0.1) is 0 Å². The molecule has 1 heterocycles. The number of ether oxygens (including phenoxy) is 3. The molecule has 2 atom stereocenters. The van der Waals surface area contributed by atoms with E-state index in [9.17, 15) is 0 Å². The molecular formula is C6H13NO3. The number of nitrogens with one attached hydrogen (secondary N) is 1. The van der Waals surface area contributed by atoms with Crippen molar-refractivity contribution in [3.63, 3.8) is 0 Å². The van der Waals surface area contributed by atoms with Crippen molar-refractivity contribution in [1.82, 2.24) is 5.32 Å². The average Bonchev–Trinajstić information content (AvgIpc) is 2.05. The molecule has 4 heteroatoms. The summed E-state index contributed by atoms with van der Waals surface area (Å²) in [5.41, 5.74) is 0. The largest absolute Gasteiger partial charge is 0.354 e. The van der Waals surface area contributed by atoms with Gasteiger partial charge in [0.05, 0.1) is 0 Å². The van der Waals surface area contributed by atoms with E-state index in [1.54, 1.807) is 14.2 Å². The van der Waals surface area contributed by atoms with E-state index in [0.29, 0.717) is 0 Å². The normalized spacial score (nSPS) is 34.2. The van der Waals surface area contributed by atoms with E-state index in [1.165, 1.54) is 0 Å². The third-order valence-corrected chi connectivity index (χ3v) is 1.45. The average molecular weight is 147 g/mol. The van der Waals surface area contributed by atoms with Gasteiger partial charge >= 0.3 is 0 Å². The van der Waals surface area contributed by atoms with Crippen LogP contribution in [-0.4, -0.2) is 39.9 Å². The molecule has 10 heavy (non-hydrogen) atoms. The second kappa shape index (κ2) is 3.88. The van der Waals surface area contributed by atoms with Gasteiger partial charge in [0.1, 0.15) is 0 Å². The van der Waals surface area contributed by atoms with Gasteiger partial charge in [-0.1, -0.05) is 0 Å². The molecule has 1 N–H and O–H groups in total. The second-order valence-corrected chi connectivity index (χ2v) is 2.12. The Kier molecular flexibility index (Phi) is 3.08. The molecule has 0 amide bonds. The summed E-state index contributed by atoms with van der Waals surface area (Å²) < 4.78 is 15.2. The van der Waals surface area contributed by atoms with Crippen molar-refractivity contribution < 1.29 is 14.2 Å². The molecule has 1 rings (SSSR count). The van der Waals surface area contributed by atoms with E-state index in [2.05, 4.69) is 5.32 Å². The summed E-state index contributed by atoms with van der Waals surface area (Å²) in [6.07, 6.45) is -0.336. The first-order valence-corrected chi connectivity index (χ1v) is 3.28. The van der Waals surface area contributed by atoms with Crippen LogP contribution < -0.4 is 5.32 Å². The summed E-state index contributed by atoms with van der Waals surface area (Å²) >= 11 is 0. The van der Waals surface area contributed by atoms with Crippen molar-refractivity contribution in [2.24, 2.45) is 0 Å². The molecule has 4 nitrogen and oxygen atoms in total. The first-order chi connectivity index (χ1) is 4.86. The third-order valence-electron chi connectivity index (χ3n) is 1.45. The molecule has 0 radical (unpaired) electrons. The van der Waals surface area contributed by atoms with Crippen LogP contribution in [0.1, 0.15) is 0 Å². The molecule has 2 unspecified atom stereocenters. The molecule has 0 aliphatic carbocycles. The van der Waals surface area contributed by atoms with E-state index in [-0.39, 0.29) is 12.6 Å². The van der Waals surface area contributed by atoms with Crippen LogP contribution in [0.15, 0.2) is 0 Å². The van der Waals surface area contributed by atoms with Gasteiger partial charge in [-0.25, -0.2) is 0 Å². The van der Waals surface area contributed by atoms with E-state index in [1.807, 2.05) is 0 Å². The lowest BCUT2D eigenvalue weighted by Crippen LogP contribution is -2.46. The minimum Gasteiger partial charge on any atom is -0.354 e. The van der Waals surface area contributed by atoms with Crippen molar-refractivity contribution in [3.05, 3.63) is 0 Å². The standard InChI is InChI=1S/C6H13NO3/c1-8-5-3-7-4-6(9-2)10-5/h5-7H,3-4H2,1-2H3. The summed E-state index contributed by atoms with van der Waals surface area (Å²) in [6.45, 7) is 1.47. The van der Waals surface area contributed by atoms with Crippen molar-refractivity contribution in [3.8, 4) is 0 Å². The zero-order valence-electron chi connectivity index (χ0n) is 6.29. The molecule has 0 aromatic carbocycles. The van der Waals surface area contributed by atoms with Gasteiger partial charge in [0.25, 0.3) is 0 Å². The molecule has 0 spiro atoms. The van der Waals surface area contributed by atoms with Crippen molar-refractivity contribution in [2.45, 2.75) is 12.6 Å². The molecule has 1 aliphatic rings. The maximum absolute atomic E-state index is 5.28. The van der Waals surface area contributed by atoms with Crippen LogP contribution in [0.3, 0.4) is 0 Å². The summed E-state index contributed by atoms with van der Waals surface area (Å²) in [7, 11) is 3.23. The monoisotopic (exact) mass is 147 g/mol. The highest BCUT2D eigenvalue weighted by atomic mass is 16.8. The topological polar surface area (TPSA) is 39.7 Å². The Labute approximate surface area is 60.4 Å². The molecule has 1 aliphatic heterocycles. The Hall–Kier alpha value is -0.160. The lowest BCUT2D eigenvalue weighted by molar-refractivity contribution is -0.241. The van der Waals surface area contributed by atoms with Crippen LogP contribution in [-0.2, 0) is 14.2 Å². The number of hydrogen-bond donors (Lipinski definition) is 1. The number of morpholine rings is 1. The van der Waals surface area contributed by atoms with Crippen LogP contribution >= 0.6 is 0 Å². The first-order valence-electron chi connectivity index (χ1n) is 3.28. The molecule has 0 saturated carbocycles. The summed E-state index contributed by atoms with van der Waals surface area (Å²) in [5.74, 6) is 0. The second-order valence-electron chi connectivity index (χ2n) is 2.12. The highest BCUT2D eigenvalue weighted by molar-refractivity contribution is 4.61. The number of hydrogen-bond acceptors (Lipinski definition) is 4. The third kappa shape index (κ3) is 1.91. The highest BCUT2D eigenvalue weighted by Gasteiger charge is 2.20. The van der Waals surface area contributed by atoms with E-state index >= 15 is 0 Å². The quantitative estimate of drug-likeness (QED) is 0.574. The van der Waals surface area contributed by atoms with E-state index in [0.717, 1.165) is 13.1 Å². The lowest BCUT2D eigenvalue weighted by atomic mass is 10.4. The molecule has 60 valence electrons. The fourth-order valence-corrected chi connectivity index (χ4v) is 0.862. The van der Waals surface area contributed by atoms with E-state index in [4.69, 9.17) is 14.2 Å². The Balaban J connectivity index is 2.25. The zero-order valence-corrected chi connectivity index (χ0v) is 6.29. The van der Waals surface area contributed by atoms with Crippen LogP contribution in [0, 0.1) is 0 Å². The molecule has 0 aromatic heterocycles. The van der Waals surface area contributed by atoms with Crippen molar-refractivity contribution in [2.75, 3.05) is 27.3 Å². The fourth-order valence-electron chi connectivity index (χ4n) is 0.862. The van der Waals surface area contributed by atoms with Gasteiger partial charge in [-0.05, 0) is 0 Å². The zero-order chi connectivity index (χ0) is 7.40. The van der Waals surface area contributed by atoms with Gasteiger partial charge in [0.15, 0.2) is 12.6 Å². The predicted molar refractivity (Wildman–Crippen MR) is 35.5 cm³/mol. The van der Waals surface area contributed by atoms with Gasteiger partial charge in [0.2, 0.25) is 0 Å². The van der Waals surface area contributed by atoms with Crippen molar-refractivity contribution in [1.29, 1.82) is 0 Å². The maximum atomic E-state index is 5.28. The molecule has 0 bridgehead atoms. The van der Waals surface area contributed by atoms with Crippen LogP contribution in [0.4, 0.5) is 0 Å². The van der Waals surface area contributed by atoms with Crippen LogP contribution in [0.2, 0.25) is 0 Å². The molecular weight excluding hydrogens is 134 g/mol. The maximum Gasteiger partial charge on any atom is 0.172 e. The minimum absolute atomic E-state index is 0.168. The molecule has 0 aromatic rings. The summed E-state index contributed by atoms with van der Waals surface area (Å²) in [4.78, 5) is 0. The Bertz CT molecular complexity index is 89.0. The van der Waals surface area contributed by atoms with Crippen LogP contribution in [0.5, 0.6) is 0 Å². The van der Waals surface area contributed by atoms with Gasteiger partial charge in [0, 0.05) is 27.3 Å². The van der Waals surface area contributed by atoms with Crippen molar-refractivity contribution >= 4 is 0 Å². The minimum atomic E-state index is -0.168. The van der Waals surface area contributed by atoms with Gasteiger partial charge in [-0.2, -0.15) is 0 Å². The first kappa shape index (κ1) is 7.94. The molecule has 1 fully saturated rings. The molecule has 1 saturated heterocycles. The Morgan fingerprint density at radius 2 is 1.70 bits per heavy atom. The lowest BCUT2D eigenvalue weighted by Gasteiger charge is -2.28. The SMILES string of the molecule is COC1CNCC(OC)O1. The van der Waals surface area contributed by atoms with Gasteiger partial charge < -0.3 is 19.5 Å². The van der Waals surface area contributed by atoms with E-state index < -0.39 is 0 Å². The summed E-state index contributed by atoms with van der Waals surface area (Å²) in [6, 6.07) is 0. The summed E-state index contributed by atoms with van der Waals surface area (Å²) in [5, 5.41) is 3.11. The number of methoxy groups -OCH3 is 2. The smallest absolute Gasteiger partial charge is 0.172 e. The fraction of sp³-hybridized carbons (Fsp3) is 1.00. The Morgan fingerprint density at radius 3 is 2.10 bits per heavy atom. The highest BCUT2D eigenvalue weighted by Crippen LogP contribution is 2.03.